The van der Waals surface area contributed by atoms with E-state index in [-0.39, 0.29) is 28.5 Å². The number of nitrogens with one attached hydrogen (secondary N) is 1. The molecule has 10 nitrogen and oxygen atoms in total. The van der Waals surface area contributed by atoms with Crippen molar-refractivity contribution in [2.45, 2.75) is 11.5 Å². The molecule has 0 atom stereocenters. The highest BCUT2D eigenvalue weighted by molar-refractivity contribution is 7.87. The number of non-ortho nitro benzene ring substituents is 1. The highest BCUT2D eigenvalue weighted by Gasteiger charge is 2.20. The lowest BCUT2D eigenvalue weighted by Gasteiger charge is -2.12. The molecular weight excluding hydrogens is 478 g/mol. The van der Waals surface area contributed by atoms with Crippen LogP contribution < -0.4 is 19.0 Å². The van der Waals surface area contributed by atoms with Crippen molar-refractivity contribution in [3.63, 3.8) is 0 Å². The minimum Gasteiger partial charge on any atom is -0.493 e. The van der Waals surface area contributed by atoms with E-state index in [0.717, 1.165) is 24.3 Å². The van der Waals surface area contributed by atoms with Gasteiger partial charge in [0.15, 0.2) is 11.5 Å². The number of nitrogens with zero attached hydrogens (tertiary/aromatic N) is 1. The average Bonchev–Trinajstić information content (AvgIpc) is 2.79. The molecule has 1 N–H and O–H groups in total. The summed E-state index contributed by atoms with van der Waals surface area (Å²) in [7, 11) is -3.09. The second-order valence-electron chi connectivity index (χ2n) is 6.51. The number of amides is 1. The van der Waals surface area contributed by atoms with Crippen molar-refractivity contribution in [1.82, 2.24) is 0 Å². The first-order valence-electron chi connectivity index (χ1n) is 9.32. The maximum Gasteiger partial charge on any atom is 0.387 e. The quantitative estimate of drug-likeness (QED) is 0.265. The third-order valence-corrected chi connectivity index (χ3v) is 5.52. The Bertz CT molecular complexity index is 1310. The molecule has 0 aliphatic carbocycles. The Morgan fingerprint density at radius 2 is 1.74 bits per heavy atom. The molecule has 0 saturated heterocycles. The first-order valence-corrected chi connectivity index (χ1v) is 10.7. The number of carbonyl (C=O) groups excluding carboxylic acids is 1. The van der Waals surface area contributed by atoms with E-state index in [1.165, 1.54) is 49.6 Å². The van der Waals surface area contributed by atoms with Crippen molar-refractivity contribution in [2.24, 2.45) is 0 Å². The van der Waals surface area contributed by atoms with Gasteiger partial charge in [0.1, 0.15) is 10.6 Å². The number of hydrogen-bond acceptors (Lipinski definition) is 8. The molecule has 0 unspecified atom stereocenters. The number of alkyl halides is 2. The Labute approximate surface area is 192 Å². The zero-order valence-corrected chi connectivity index (χ0v) is 18.1. The van der Waals surface area contributed by atoms with E-state index in [4.69, 9.17) is 8.92 Å². The molecular formula is C21H16F2N2O8S. The Morgan fingerprint density at radius 3 is 2.35 bits per heavy atom. The topological polar surface area (TPSA) is 134 Å². The molecule has 34 heavy (non-hydrogen) atoms. The van der Waals surface area contributed by atoms with E-state index in [0.29, 0.717) is 0 Å². The zero-order valence-electron chi connectivity index (χ0n) is 17.3. The number of methoxy groups -OCH3 is 1. The molecule has 3 aromatic carbocycles. The van der Waals surface area contributed by atoms with E-state index in [1.54, 1.807) is 0 Å². The second kappa shape index (κ2) is 10.1. The van der Waals surface area contributed by atoms with Crippen LogP contribution in [-0.2, 0) is 10.1 Å². The molecule has 3 aromatic rings. The van der Waals surface area contributed by atoms with Crippen LogP contribution in [0.2, 0.25) is 0 Å². The summed E-state index contributed by atoms with van der Waals surface area (Å²) in [6, 6.07) is 13.2. The molecule has 13 heteroatoms. The second-order valence-corrected chi connectivity index (χ2v) is 8.06. The maximum atomic E-state index is 12.6. The van der Waals surface area contributed by atoms with Crippen LogP contribution in [0.5, 0.6) is 17.2 Å². The van der Waals surface area contributed by atoms with E-state index in [1.807, 2.05) is 0 Å². The maximum absolute atomic E-state index is 12.6. The number of hydrogen-bond donors (Lipinski definition) is 1. The van der Waals surface area contributed by atoms with E-state index in [9.17, 15) is 32.1 Å². The minimum atomic E-state index is -4.36. The summed E-state index contributed by atoms with van der Waals surface area (Å²) in [6.45, 7) is -3.09. The summed E-state index contributed by atoms with van der Waals surface area (Å²) in [5.74, 6) is -0.989. The molecule has 0 radical (unpaired) electrons. The fourth-order valence-electron chi connectivity index (χ4n) is 2.74. The number of halogens is 2. The number of nitro groups is 1. The van der Waals surface area contributed by atoms with Crippen molar-refractivity contribution in [3.8, 4) is 17.2 Å². The van der Waals surface area contributed by atoms with Gasteiger partial charge in [0.25, 0.3) is 11.6 Å². The van der Waals surface area contributed by atoms with Gasteiger partial charge in [-0.25, -0.2) is 0 Å². The van der Waals surface area contributed by atoms with Crippen LogP contribution in [0.3, 0.4) is 0 Å². The first-order chi connectivity index (χ1) is 16.1. The lowest BCUT2D eigenvalue weighted by molar-refractivity contribution is -0.385. The van der Waals surface area contributed by atoms with E-state index in [2.05, 4.69) is 10.1 Å². The number of nitro benzene ring substituents is 1. The largest absolute Gasteiger partial charge is 0.493 e. The van der Waals surface area contributed by atoms with Crippen LogP contribution >= 0.6 is 0 Å². The fourth-order valence-corrected chi connectivity index (χ4v) is 3.71. The number of carbonyl (C=O) groups is 1. The van der Waals surface area contributed by atoms with Crippen molar-refractivity contribution in [3.05, 3.63) is 82.4 Å². The van der Waals surface area contributed by atoms with Crippen LogP contribution in [-0.4, -0.2) is 33.0 Å². The highest BCUT2D eigenvalue weighted by Crippen LogP contribution is 2.31. The zero-order chi connectivity index (χ0) is 24.9. The van der Waals surface area contributed by atoms with Gasteiger partial charge < -0.3 is 19.0 Å². The molecule has 0 aromatic heterocycles. The summed E-state index contributed by atoms with van der Waals surface area (Å²) in [4.78, 5) is 22.2. The summed E-state index contributed by atoms with van der Waals surface area (Å²) < 4.78 is 64.2. The average molecular weight is 494 g/mol. The number of rotatable bonds is 9. The van der Waals surface area contributed by atoms with Crippen molar-refractivity contribution in [1.29, 1.82) is 0 Å². The molecule has 0 fully saturated rings. The van der Waals surface area contributed by atoms with Gasteiger partial charge in [-0.15, -0.1) is 0 Å². The molecule has 0 spiro atoms. The summed E-state index contributed by atoms with van der Waals surface area (Å²) in [5.41, 5.74) is -0.167. The third-order valence-electron chi connectivity index (χ3n) is 4.28. The number of ether oxygens (including phenoxy) is 2. The molecule has 0 bridgehead atoms. The predicted octanol–water partition coefficient (Wildman–Crippen LogP) is 4.22. The van der Waals surface area contributed by atoms with Crippen LogP contribution in [0.1, 0.15) is 10.4 Å². The molecule has 1 amide bonds. The monoisotopic (exact) mass is 494 g/mol. The smallest absolute Gasteiger partial charge is 0.387 e. The van der Waals surface area contributed by atoms with Gasteiger partial charge in [-0.2, -0.15) is 17.2 Å². The van der Waals surface area contributed by atoms with Gasteiger partial charge >= 0.3 is 16.7 Å². The first kappa shape index (κ1) is 24.4. The Morgan fingerprint density at radius 1 is 1.03 bits per heavy atom. The number of anilines is 1. The van der Waals surface area contributed by atoms with E-state index < -0.39 is 38.1 Å². The van der Waals surface area contributed by atoms with Crippen LogP contribution in [0.25, 0.3) is 0 Å². The van der Waals surface area contributed by atoms with Gasteiger partial charge in [0, 0.05) is 29.4 Å². The summed E-state index contributed by atoms with van der Waals surface area (Å²) in [6.07, 6.45) is 0. The summed E-state index contributed by atoms with van der Waals surface area (Å²) >= 11 is 0. The van der Waals surface area contributed by atoms with Gasteiger partial charge in [-0.1, -0.05) is 6.07 Å². The lowest BCUT2D eigenvalue weighted by atomic mass is 10.2. The number of benzene rings is 3. The Hall–Kier alpha value is -4.26. The van der Waals surface area contributed by atoms with Crippen LogP contribution in [0.15, 0.2) is 71.6 Å². The Kier molecular flexibility index (Phi) is 7.26. The van der Waals surface area contributed by atoms with Crippen molar-refractivity contribution >= 4 is 27.4 Å². The SMILES string of the molecule is COc1ccc(NC(=O)c2ccc(OS(=O)(=O)c3cccc([N+](=O)[O-])c3)cc2)cc1OC(F)F. The lowest BCUT2D eigenvalue weighted by Crippen LogP contribution is -2.13. The molecule has 0 saturated carbocycles. The van der Waals surface area contributed by atoms with Gasteiger partial charge in [0.05, 0.1) is 12.0 Å². The summed E-state index contributed by atoms with van der Waals surface area (Å²) in [5, 5.41) is 13.3. The van der Waals surface area contributed by atoms with Crippen LogP contribution in [0, 0.1) is 10.1 Å². The normalized spacial score (nSPS) is 11.1. The van der Waals surface area contributed by atoms with Crippen molar-refractivity contribution in [2.75, 3.05) is 12.4 Å². The molecule has 0 aliphatic heterocycles. The van der Waals surface area contributed by atoms with Crippen LogP contribution in [0.4, 0.5) is 20.2 Å². The third kappa shape index (κ3) is 5.95. The van der Waals surface area contributed by atoms with E-state index >= 15 is 0 Å². The van der Waals surface area contributed by atoms with Crippen molar-refractivity contribution < 1.29 is 40.6 Å². The van der Waals surface area contributed by atoms with Gasteiger partial charge in [-0.05, 0) is 42.5 Å². The molecule has 178 valence electrons. The minimum absolute atomic E-state index is 0.0461. The van der Waals surface area contributed by atoms with Gasteiger partial charge in [0.2, 0.25) is 0 Å². The predicted molar refractivity (Wildman–Crippen MR) is 115 cm³/mol. The van der Waals surface area contributed by atoms with Gasteiger partial charge in [-0.3, -0.25) is 14.9 Å². The molecule has 3 rings (SSSR count). The highest BCUT2D eigenvalue weighted by atomic mass is 32.2. The molecule has 0 heterocycles. The Balaban J connectivity index is 1.72. The standard InChI is InChI=1S/C21H16F2N2O8S/c1-31-18-10-7-14(11-19(18)32-21(22)23)24-20(26)13-5-8-16(9-6-13)33-34(29,30)17-4-2-3-15(12-17)25(27)28/h2-12,21H,1H3,(H,24,26). The molecule has 0 aliphatic rings. The fraction of sp³-hybridized carbons (Fsp3) is 0.0952.